The molecule has 0 bridgehead atoms. The Morgan fingerprint density at radius 3 is 2.38 bits per heavy atom. The van der Waals surface area contributed by atoms with Crippen molar-refractivity contribution in [3.63, 3.8) is 0 Å². The molecule has 0 radical (unpaired) electrons. The van der Waals surface area contributed by atoms with Crippen LogP contribution in [0.15, 0.2) is 42.5 Å². The maximum atomic E-state index is 6.52. The highest BCUT2D eigenvalue weighted by molar-refractivity contribution is 5.86. The van der Waals surface area contributed by atoms with E-state index in [1.165, 1.54) is 48.4 Å². The highest BCUT2D eigenvalue weighted by atomic mass is 14.7. The molecule has 2 aromatic carbocycles. The van der Waals surface area contributed by atoms with Gasteiger partial charge in [0.1, 0.15) is 0 Å². The van der Waals surface area contributed by atoms with Crippen LogP contribution in [0.3, 0.4) is 0 Å². The zero-order valence-corrected chi connectivity index (χ0v) is 13.7. The first kappa shape index (κ1) is 16.0. The Kier molecular flexibility index (Phi) is 5.41. The Balaban J connectivity index is 2.30. The molecule has 0 amide bonds. The molecule has 0 heterocycles. The van der Waals surface area contributed by atoms with Crippen molar-refractivity contribution in [2.75, 3.05) is 0 Å². The maximum Gasteiger partial charge on any atom is 0.0166 e. The Morgan fingerprint density at radius 2 is 1.67 bits per heavy atom. The third kappa shape index (κ3) is 4.07. The molecule has 114 valence electrons. The summed E-state index contributed by atoms with van der Waals surface area (Å²) in [6, 6.07) is 15.3. The third-order valence-electron chi connectivity index (χ3n) is 4.44. The van der Waals surface area contributed by atoms with E-state index in [0.29, 0.717) is 5.92 Å². The number of fused-ring (bicyclic) bond motifs is 1. The van der Waals surface area contributed by atoms with Crippen molar-refractivity contribution in [3.8, 4) is 0 Å². The predicted molar refractivity (Wildman–Crippen MR) is 93.7 cm³/mol. The van der Waals surface area contributed by atoms with Crippen molar-refractivity contribution in [2.45, 2.75) is 64.3 Å². The van der Waals surface area contributed by atoms with Gasteiger partial charge in [-0.2, -0.15) is 0 Å². The molecule has 0 aliphatic rings. The van der Waals surface area contributed by atoms with Gasteiger partial charge in [-0.25, -0.2) is 0 Å². The molecule has 1 unspecified atom stereocenters. The van der Waals surface area contributed by atoms with E-state index in [1.54, 1.807) is 0 Å². The number of nitrogens with two attached hydrogens (primary N) is 1. The molecular weight excluding hydrogens is 254 g/mol. The Bertz CT molecular complexity index is 560. The molecule has 2 aromatic rings. The topological polar surface area (TPSA) is 26.0 Å². The monoisotopic (exact) mass is 283 g/mol. The molecule has 0 aliphatic carbocycles. The molecule has 0 fully saturated rings. The lowest BCUT2D eigenvalue weighted by Gasteiger charge is -2.32. The zero-order chi connectivity index (χ0) is 15.3. The molecule has 0 spiro atoms. The lowest BCUT2D eigenvalue weighted by atomic mass is 9.77. The fourth-order valence-electron chi connectivity index (χ4n) is 3.26. The van der Waals surface area contributed by atoms with Crippen molar-refractivity contribution in [1.29, 1.82) is 0 Å². The summed E-state index contributed by atoms with van der Waals surface area (Å²) < 4.78 is 0. The lowest BCUT2D eigenvalue weighted by Crippen LogP contribution is -2.39. The summed E-state index contributed by atoms with van der Waals surface area (Å²) in [6.45, 7) is 6.59. The number of benzene rings is 2. The molecular formula is C20H29N. The summed E-state index contributed by atoms with van der Waals surface area (Å²) in [5, 5.41) is 2.68. The fourth-order valence-corrected chi connectivity index (χ4v) is 3.26. The average molecular weight is 283 g/mol. The largest absolute Gasteiger partial charge is 0.325 e. The first-order valence-corrected chi connectivity index (χ1v) is 8.30. The van der Waals surface area contributed by atoms with E-state index in [2.05, 4.69) is 63.2 Å². The number of rotatable bonds is 7. The Hall–Kier alpha value is -1.34. The maximum absolute atomic E-state index is 6.52. The van der Waals surface area contributed by atoms with Gasteiger partial charge in [0.05, 0.1) is 0 Å². The van der Waals surface area contributed by atoms with Crippen LogP contribution in [0.2, 0.25) is 0 Å². The van der Waals surface area contributed by atoms with E-state index in [4.69, 9.17) is 5.73 Å². The van der Waals surface area contributed by atoms with E-state index in [0.717, 1.165) is 0 Å². The van der Waals surface area contributed by atoms with Crippen LogP contribution in [0.25, 0.3) is 10.8 Å². The van der Waals surface area contributed by atoms with Crippen molar-refractivity contribution in [1.82, 2.24) is 0 Å². The van der Waals surface area contributed by atoms with Crippen molar-refractivity contribution >= 4 is 10.8 Å². The van der Waals surface area contributed by atoms with Gasteiger partial charge < -0.3 is 5.73 Å². The van der Waals surface area contributed by atoms with Gasteiger partial charge in [0.2, 0.25) is 0 Å². The minimum Gasteiger partial charge on any atom is -0.325 e. The summed E-state index contributed by atoms with van der Waals surface area (Å²) in [5.74, 6) is 0.417. The fraction of sp³-hybridized carbons (Fsp3) is 0.500. The Morgan fingerprint density at radius 1 is 0.952 bits per heavy atom. The second-order valence-electron chi connectivity index (χ2n) is 6.79. The first-order valence-electron chi connectivity index (χ1n) is 8.30. The highest BCUT2D eigenvalue weighted by Gasteiger charge is 2.27. The molecule has 2 rings (SSSR count). The van der Waals surface area contributed by atoms with Crippen LogP contribution in [0.5, 0.6) is 0 Å². The molecule has 0 saturated heterocycles. The highest BCUT2D eigenvalue weighted by Crippen LogP contribution is 2.35. The summed E-state index contributed by atoms with van der Waals surface area (Å²) >= 11 is 0. The lowest BCUT2D eigenvalue weighted by molar-refractivity contribution is 0.379. The van der Waals surface area contributed by atoms with Gasteiger partial charge in [-0.3, -0.25) is 0 Å². The first-order chi connectivity index (χ1) is 10.0. The van der Waals surface area contributed by atoms with E-state index in [-0.39, 0.29) is 5.54 Å². The van der Waals surface area contributed by atoms with Gasteiger partial charge in [0.15, 0.2) is 0 Å². The molecule has 0 aliphatic heterocycles. The van der Waals surface area contributed by atoms with Crippen LogP contribution < -0.4 is 5.73 Å². The van der Waals surface area contributed by atoms with Crippen LogP contribution >= 0.6 is 0 Å². The summed E-state index contributed by atoms with van der Waals surface area (Å²) in [4.78, 5) is 0. The van der Waals surface area contributed by atoms with E-state index in [1.807, 2.05) is 0 Å². The van der Waals surface area contributed by atoms with E-state index >= 15 is 0 Å². The van der Waals surface area contributed by atoms with Gasteiger partial charge >= 0.3 is 0 Å². The average Bonchev–Trinajstić information content (AvgIpc) is 2.46. The molecule has 2 N–H and O–H groups in total. The number of unbranched alkanes of at least 4 members (excludes halogenated alkanes) is 3. The number of hydrogen-bond donors (Lipinski definition) is 1. The minimum atomic E-state index is -0.184. The summed E-state index contributed by atoms with van der Waals surface area (Å²) in [5.41, 5.74) is 7.75. The SMILES string of the molecule is CCCCCCC(c1cccc2ccccc12)C(C)(C)N. The molecule has 0 saturated carbocycles. The van der Waals surface area contributed by atoms with E-state index < -0.39 is 0 Å². The Labute approximate surface area is 129 Å². The summed E-state index contributed by atoms with van der Waals surface area (Å²) in [7, 11) is 0. The van der Waals surface area contributed by atoms with Gasteiger partial charge in [-0.1, -0.05) is 75.1 Å². The normalized spacial score (nSPS) is 13.5. The molecule has 0 aromatic heterocycles. The van der Waals surface area contributed by atoms with Gasteiger partial charge in [0, 0.05) is 11.5 Å². The summed E-state index contributed by atoms with van der Waals surface area (Å²) in [6.07, 6.45) is 6.37. The molecule has 1 nitrogen and oxygen atoms in total. The van der Waals surface area contributed by atoms with Crippen LogP contribution in [0.4, 0.5) is 0 Å². The van der Waals surface area contributed by atoms with Gasteiger partial charge in [-0.05, 0) is 36.6 Å². The molecule has 1 atom stereocenters. The van der Waals surface area contributed by atoms with Gasteiger partial charge in [-0.15, -0.1) is 0 Å². The molecule has 21 heavy (non-hydrogen) atoms. The van der Waals surface area contributed by atoms with Gasteiger partial charge in [0.25, 0.3) is 0 Å². The van der Waals surface area contributed by atoms with Crippen molar-refractivity contribution < 1.29 is 0 Å². The van der Waals surface area contributed by atoms with Crippen LogP contribution in [0.1, 0.15) is 64.4 Å². The molecule has 1 heteroatoms. The number of hydrogen-bond acceptors (Lipinski definition) is 1. The smallest absolute Gasteiger partial charge is 0.0166 e. The zero-order valence-electron chi connectivity index (χ0n) is 13.7. The third-order valence-corrected chi connectivity index (χ3v) is 4.44. The van der Waals surface area contributed by atoms with Crippen molar-refractivity contribution in [2.24, 2.45) is 5.73 Å². The second-order valence-corrected chi connectivity index (χ2v) is 6.79. The quantitative estimate of drug-likeness (QED) is 0.655. The van der Waals surface area contributed by atoms with Crippen molar-refractivity contribution in [3.05, 3.63) is 48.0 Å². The van der Waals surface area contributed by atoms with Crippen LogP contribution in [-0.4, -0.2) is 5.54 Å². The standard InChI is InChI=1S/C20H29N/c1-4-5-6-7-15-19(20(2,3)21)18-14-10-12-16-11-8-9-13-17(16)18/h8-14,19H,4-7,15,21H2,1-3H3. The van der Waals surface area contributed by atoms with E-state index in [9.17, 15) is 0 Å². The predicted octanol–water partition coefficient (Wildman–Crippen LogP) is 5.63. The van der Waals surface area contributed by atoms with Crippen LogP contribution in [-0.2, 0) is 0 Å². The second kappa shape index (κ2) is 7.09. The minimum absolute atomic E-state index is 0.184. The van der Waals surface area contributed by atoms with Crippen LogP contribution in [0, 0.1) is 0 Å².